The van der Waals surface area contributed by atoms with Crippen LogP contribution < -0.4 is 5.32 Å². The predicted octanol–water partition coefficient (Wildman–Crippen LogP) is 2.83. The molecule has 1 saturated carbocycles. The molecule has 26 heavy (non-hydrogen) atoms. The number of nitrogens with one attached hydrogen (secondary N) is 2. The molecule has 2 atom stereocenters. The van der Waals surface area contributed by atoms with Crippen LogP contribution in [-0.4, -0.2) is 32.2 Å². The van der Waals surface area contributed by atoms with E-state index in [0.29, 0.717) is 6.54 Å². The van der Waals surface area contributed by atoms with Crippen molar-refractivity contribution in [2.75, 3.05) is 6.54 Å². The Hall–Kier alpha value is -3.15. The van der Waals surface area contributed by atoms with Gasteiger partial charge in [0.2, 0.25) is 5.91 Å². The summed E-state index contributed by atoms with van der Waals surface area (Å²) in [7, 11) is 0. The normalized spacial score (nSPS) is 19.1. The first kappa shape index (κ1) is 15.1. The number of nitrogens with zero attached hydrogens (tertiary/aromatic N) is 3. The highest BCUT2D eigenvalue weighted by Crippen LogP contribution is 2.45. The zero-order valence-corrected chi connectivity index (χ0v) is 14.2. The van der Waals surface area contributed by atoms with Gasteiger partial charge in [0, 0.05) is 46.7 Å². The molecule has 4 aromatic rings. The average Bonchev–Trinajstić information content (AvgIpc) is 3.17. The van der Waals surface area contributed by atoms with Crippen molar-refractivity contribution in [3.05, 3.63) is 60.7 Å². The number of aromatic amines is 1. The fourth-order valence-electron chi connectivity index (χ4n) is 3.85. The Morgan fingerprint density at radius 2 is 1.81 bits per heavy atom. The van der Waals surface area contributed by atoms with E-state index in [1.807, 2.05) is 0 Å². The summed E-state index contributed by atoms with van der Waals surface area (Å²) in [6.45, 7) is 1.36. The Labute approximate surface area is 150 Å². The van der Waals surface area contributed by atoms with Crippen LogP contribution in [-0.2, 0) is 11.3 Å². The van der Waals surface area contributed by atoms with Gasteiger partial charge in [0.1, 0.15) is 12.2 Å². The molecule has 5 rings (SSSR count). The quantitative estimate of drug-likeness (QED) is 0.584. The number of rotatable bonds is 5. The summed E-state index contributed by atoms with van der Waals surface area (Å²) in [5, 5.41) is 12.3. The summed E-state index contributed by atoms with van der Waals surface area (Å²) in [6.07, 6.45) is 2.33. The van der Waals surface area contributed by atoms with Crippen molar-refractivity contribution in [1.82, 2.24) is 25.1 Å². The molecule has 0 saturated heterocycles. The van der Waals surface area contributed by atoms with Crippen molar-refractivity contribution < 1.29 is 4.79 Å². The summed E-state index contributed by atoms with van der Waals surface area (Å²) in [5.41, 5.74) is 2.41. The maximum absolute atomic E-state index is 12.4. The number of hydrogen-bond acceptors (Lipinski definition) is 3. The maximum Gasteiger partial charge on any atom is 0.223 e. The molecule has 0 radical (unpaired) electrons. The van der Waals surface area contributed by atoms with Gasteiger partial charge in [-0.1, -0.05) is 36.4 Å². The number of fused-ring (bicyclic) bond motifs is 3. The minimum atomic E-state index is 0.0149. The smallest absolute Gasteiger partial charge is 0.223 e. The molecule has 0 unspecified atom stereocenters. The van der Waals surface area contributed by atoms with Crippen LogP contribution in [0, 0.1) is 5.92 Å². The van der Waals surface area contributed by atoms with Crippen LogP contribution in [0.25, 0.3) is 21.8 Å². The molecule has 1 amide bonds. The number of para-hydroxylation sites is 2. The molecule has 2 heterocycles. The Morgan fingerprint density at radius 3 is 2.46 bits per heavy atom. The molecule has 1 aliphatic carbocycles. The van der Waals surface area contributed by atoms with E-state index in [0.717, 1.165) is 18.8 Å². The van der Waals surface area contributed by atoms with Gasteiger partial charge in [-0.05, 0) is 18.6 Å². The fraction of sp³-hybridized carbons (Fsp3) is 0.250. The molecule has 6 heteroatoms. The van der Waals surface area contributed by atoms with E-state index < -0.39 is 0 Å². The Balaban J connectivity index is 1.31. The zero-order valence-electron chi connectivity index (χ0n) is 14.2. The Morgan fingerprint density at radius 1 is 1.12 bits per heavy atom. The molecular weight excluding hydrogens is 326 g/mol. The van der Waals surface area contributed by atoms with Gasteiger partial charge < -0.3 is 9.88 Å². The number of amides is 1. The molecule has 130 valence electrons. The van der Waals surface area contributed by atoms with E-state index in [1.165, 1.54) is 28.1 Å². The molecule has 0 spiro atoms. The van der Waals surface area contributed by atoms with E-state index in [9.17, 15) is 4.79 Å². The number of carbonyl (C=O) groups is 1. The van der Waals surface area contributed by atoms with Gasteiger partial charge in [0.15, 0.2) is 0 Å². The van der Waals surface area contributed by atoms with Gasteiger partial charge in [-0.25, -0.2) is 4.98 Å². The second kappa shape index (κ2) is 5.98. The minimum absolute atomic E-state index is 0.0149. The van der Waals surface area contributed by atoms with Crippen molar-refractivity contribution >= 4 is 27.7 Å². The summed E-state index contributed by atoms with van der Waals surface area (Å²) in [5.74, 6) is 1.12. The van der Waals surface area contributed by atoms with Gasteiger partial charge in [0.25, 0.3) is 0 Å². The van der Waals surface area contributed by atoms with Crippen LogP contribution >= 0.6 is 0 Å². The standard InChI is InChI=1S/C20H19N5O/c26-20(16-11-15(16)19-22-12-23-24-19)21-9-10-25-17-7-3-1-5-13(17)14-6-2-4-8-18(14)25/h1-8,12,15-16H,9-11H2,(H,21,26)(H,22,23,24)/t15-,16+/m1/s1. The van der Waals surface area contributed by atoms with Crippen molar-refractivity contribution in [3.8, 4) is 0 Å². The van der Waals surface area contributed by atoms with Gasteiger partial charge in [0.05, 0.1) is 0 Å². The number of aromatic nitrogens is 4. The van der Waals surface area contributed by atoms with E-state index in [4.69, 9.17) is 0 Å². The van der Waals surface area contributed by atoms with Crippen molar-refractivity contribution in [2.24, 2.45) is 5.92 Å². The lowest BCUT2D eigenvalue weighted by atomic mass is 10.2. The molecule has 0 bridgehead atoms. The third kappa shape index (κ3) is 2.45. The first-order valence-corrected chi connectivity index (χ1v) is 8.92. The molecule has 6 nitrogen and oxygen atoms in total. The van der Waals surface area contributed by atoms with E-state index in [1.54, 1.807) is 0 Å². The first-order valence-electron chi connectivity index (χ1n) is 8.92. The van der Waals surface area contributed by atoms with Gasteiger partial charge in [-0.2, -0.15) is 5.10 Å². The SMILES string of the molecule is O=C(NCCn1c2ccccc2c2ccccc21)[C@H]1C[C@H]1c1ncn[nH]1. The summed E-state index contributed by atoms with van der Waals surface area (Å²) < 4.78 is 2.28. The molecule has 2 aromatic heterocycles. The minimum Gasteiger partial charge on any atom is -0.354 e. The van der Waals surface area contributed by atoms with Crippen molar-refractivity contribution in [3.63, 3.8) is 0 Å². The molecule has 2 N–H and O–H groups in total. The topological polar surface area (TPSA) is 75.6 Å². The fourth-order valence-corrected chi connectivity index (χ4v) is 3.85. The highest BCUT2D eigenvalue weighted by molar-refractivity contribution is 6.07. The van der Waals surface area contributed by atoms with Crippen LogP contribution in [0.4, 0.5) is 0 Å². The zero-order chi connectivity index (χ0) is 17.5. The molecular formula is C20H19N5O. The lowest BCUT2D eigenvalue weighted by Gasteiger charge is -2.09. The van der Waals surface area contributed by atoms with Gasteiger partial charge >= 0.3 is 0 Å². The van der Waals surface area contributed by atoms with Crippen molar-refractivity contribution in [2.45, 2.75) is 18.9 Å². The van der Waals surface area contributed by atoms with E-state index >= 15 is 0 Å². The Bertz CT molecular complexity index is 1030. The number of hydrogen-bond donors (Lipinski definition) is 2. The maximum atomic E-state index is 12.4. The van der Waals surface area contributed by atoms with Gasteiger partial charge in [-0.15, -0.1) is 0 Å². The summed E-state index contributed by atoms with van der Waals surface area (Å²) in [4.78, 5) is 16.5. The largest absolute Gasteiger partial charge is 0.354 e. The average molecular weight is 345 g/mol. The summed E-state index contributed by atoms with van der Waals surface area (Å²) in [6, 6.07) is 16.8. The summed E-state index contributed by atoms with van der Waals surface area (Å²) >= 11 is 0. The van der Waals surface area contributed by atoms with Crippen LogP contribution in [0.5, 0.6) is 0 Å². The number of carbonyl (C=O) groups excluding carboxylic acids is 1. The van der Waals surface area contributed by atoms with Crippen LogP contribution in [0.15, 0.2) is 54.9 Å². The number of benzene rings is 2. The van der Waals surface area contributed by atoms with Gasteiger partial charge in [-0.3, -0.25) is 9.89 Å². The van der Waals surface area contributed by atoms with Crippen molar-refractivity contribution in [1.29, 1.82) is 0 Å². The predicted molar refractivity (Wildman–Crippen MR) is 99.7 cm³/mol. The van der Waals surface area contributed by atoms with Crippen LogP contribution in [0.3, 0.4) is 0 Å². The second-order valence-corrected chi connectivity index (χ2v) is 6.80. The molecule has 1 fully saturated rings. The molecule has 0 aliphatic heterocycles. The Kier molecular flexibility index (Phi) is 3.48. The lowest BCUT2D eigenvalue weighted by Crippen LogP contribution is -2.28. The molecule has 2 aromatic carbocycles. The van der Waals surface area contributed by atoms with Crippen LogP contribution in [0.2, 0.25) is 0 Å². The third-order valence-corrected chi connectivity index (χ3v) is 5.23. The molecule has 1 aliphatic rings. The number of H-pyrrole nitrogens is 1. The third-order valence-electron chi connectivity index (χ3n) is 5.23. The van der Waals surface area contributed by atoms with E-state index in [-0.39, 0.29) is 17.7 Å². The highest BCUT2D eigenvalue weighted by atomic mass is 16.2. The lowest BCUT2D eigenvalue weighted by molar-refractivity contribution is -0.122. The second-order valence-electron chi connectivity index (χ2n) is 6.80. The van der Waals surface area contributed by atoms with Crippen LogP contribution in [0.1, 0.15) is 18.2 Å². The first-order chi connectivity index (χ1) is 12.8. The highest BCUT2D eigenvalue weighted by Gasteiger charge is 2.45. The monoisotopic (exact) mass is 345 g/mol. The van der Waals surface area contributed by atoms with E-state index in [2.05, 4.69) is 73.6 Å².